The molecular weight excluding hydrogens is 168 g/mol. The Labute approximate surface area is 77.2 Å². The summed E-state index contributed by atoms with van der Waals surface area (Å²) in [5, 5.41) is 9.22. The van der Waals surface area contributed by atoms with Gasteiger partial charge in [-0.25, -0.2) is 4.79 Å². The monoisotopic (exact) mass is 184 g/mol. The molecule has 0 radical (unpaired) electrons. The van der Waals surface area contributed by atoms with E-state index in [9.17, 15) is 9.90 Å². The number of aromatic nitrogens is 2. The average molecular weight is 184 g/mol. The normalized spacial score (nSPS) is 10.5. The maximum atomic E-state index is 11.1. The largest absolute Gasteiger partial charge is 0.493 e. The van der Waals surface area contributed by atoms with Crippen LogP contribution in [0.3, 0.4) is 0 Å². The van der Waals surface area contributed by atoms with Gasteiger partial charge in [0.25, 0.3) is 0 Å². The minimum Gasteiger partial charge on any atom is -0.493 e. The van der Waals surface area contributed by atoms with Gasteiger partial charge in [0.2, 0.25) is 5.88 Å². The molecule has 0 amide bonds. The Morgan fingerprint density at radius 3 is 2.77 bits per heavy atom. The topological polar surface area (TPSA) is 58.0 Å². The van der Waals surface area contributed by atoms with Crippen LogP contribution < -0.4 is 5.69 Å². The molecular formula is C9H16N2O2. The molecule has 2 N–H and O–H groups in total. The van der Waals surface area contributed by atoms with E-state index in [2.05, 4.69) is 11.9 Å². The molecule has 0 bridgehead atoms. The third kappa shape index (κ3) is 2.65. The lowest BCUT2D eigenvalue weighted by atomic mass is 10.2. The van der Waals surface area contributed by atoms with Crippen molar-refractivity contribution in [3.63, 3.8) is 0 Å². The quantitative estimate of drug-likeness (QED) is 0.681. The highest BCUT2D eigenvalue weighted by Crippen LogP contribution is 2.06. The standard InChI is InChI=1S/C9H16N2O2/c1-2-3-4-5-6-11-8(12)7-10-9(11)13/h7,12H,2-6H2,1H3,(H,10,13). The minimum absolute atomic E-state index is 0.0292. The first kappa shape index (κ1) is 9.89. The molecule has 1 aromatic rings. The second-order valence-corrected chi connectivity index (χ2v) is 3.16. The number of nitrogens with zero attached hydrogens (tertiary/aromatic N) is 1. The molecule has 4 nitrogen and oxygen atoms in total. The Morgan fingerprint density at radius 2 is 2.23 bits per heavy atom. The number of H-pyrrole nitrogens is 1. The van der Waals surface area contributed by atoms with Crippen LogP contribution in [0.25, 0.3) is 0 Å². The van der Waals surface area contributed by atoms with E-state index in [4.69, 9.17) is 0 Å². The Bertz CT molecular complexity index is 301. The van der Waals surface area contributed by atoms with Crippen molar-refractivity contribution in [1.29, 1.82) is 0 Å². The maximum absolute atomic E-state index is 11.1. The number of nitrogens with one attached hydrogen (secondary N) is 1. The van der Waals surface area contributed by atoms with E-state index in [1.807, 2.05) is 0 Å². The third-order valence-corrected chi connectivity index (χ3v) is 2.08. The van der Waals surface area contributed by atoms with Gasteiger partial charge in [-0.1, -0.05) is 26.2 Å². The first-order valence-corrected chi connectivity index (χ1v) is 4.73. The maximum Gasteiger partial charge on any atom is 0.328 e. The lowest BCUT2D eigenvalue weighted by Gasteiger charge is -2.01. The predicted molar refractivity (Wildman–Crippen MR) is 50.9 cm³/mol. The molecule has 4 heteroatoms. The Balaban J connectivity index is 2.40. The van der Waals surface area contributed by atoms with Crippen LogP contribution in [0.5, 0.6) is 5.88 Å². The van der Waals surface area contributed by atoms with Gasteiger partial charge in [-0.05, 0) is 6.42 Å². The molecule has 0 aliphatic heterocycles. The van der Waals surface area contributed by atoms with Gasteiger partial charge < -0.3 is 10.1 Å². The first-order valence-electron chi connectivity index (χ1n) is 4.73. The Morgan fingerprint density at radius 1 is 1.46 bits per heavy atom. The van der Waals surface area contributed by atoms with Crippen molar-refractivity contribution in [3.8, 4) is 5.88 Å². The second-order valence-electron chi connectivity index (χ2n) is 3.16. The van der Waals surface area contributed by atoms with Crippen LogP contribution in [0.4, 0.5) is 0 Å². The zero-order valence-electron chi connectivity index (χ0n) is 7.92. The highest BCUT2D eigenvalue weighted by molar-refractivity contribution is 5.02. The van der Waals surface area contributed by atoms with Crippen LogP contribution in [-0.2, 0) is 6.54 Å². The summed E-state index contributed by atoms with van der Waals surface area (Å²) in [7, 11) is 0. The van der Waals surface area contributed by atoms with Crippen molar-refractivity contribution in [1.82, 2.24) is 9.55 Å². The molecule has 1 rings (SSSR count). The summed E-state index contributed by atoms with van der Waals surface area (Å²) >= 11 is 0. The van der Waals surface area contributed by atoms with E-state index in [-0.39, 0.29) is 11.6 Å². The molecule has 0 atom stereocenters. The molecule has 13 heavy (non-hydrogen) atoms. The summed E-state index contributed by atoms with van der Waals surface area (Å²) in [6.07, 6.45) is 5.73. The lowest BCUT2D eigenvalue weighted by molar-refractivity contribution is 0.406. The van der Waals surface area contributed by atoms with E-state index in [0.29, 0.717) is 6.54 Å². The van der Waals surface area contributed by atoms with Crippen LogP contribution in [-0.4, -0.2) is 14.7 Å². The number of hydrogen-bond acceptors (Lipinski definition) is 2. The summed E-state index contributed by atoms with van der Waals surface area (Å²) in [6, 6.07) is 0. The van der Waals surface area contributed by atoms with Gasteiger partial charge in [0.1, 0.15) is 0 Å². The van der Waals surface area contributed by atoms with Gasteiger partial charge >= 0.3 is 5.69 Å². The lowest BCUT2D eigenvalue weighted by Crippen LogP contribution is -2.16. The van der Waals surface area contributed by atoms with Gasteiger partial charge in [0.05, 0.1) is 6.20 Å². The fraction of sp³-hybridized carbons (Fsp3) is 0.667. The smallest absolute Gasteiger partial charge is 0.328 e. The number of rotatable bonds is 5. The van der Waals surface area contributed by atoms with Gasteiger partial charge in [0.15, 0.2) is 0 Å². The number of hydrogen-bond donors (Lipinski definition) is 2. The number of aromatic hydroxyl groups is 1. The molecule has 0 saturated heterocycles. The average Bonchev–Trinajstić information content (AvgIpc) is 2.42. The van der Waals surface area contributed by atoms with Crippen LogP contribution in [0.2, 0.25) is 0 Å². The van der Waals surface area contributed by atoms with E-state index < -0.39 is 0 Å². The van der Waals surface area contributed by atoms with Crippen LogP contribution in [0.15, 0.2) is 11.0 Å². The summed E-state index contributed by atoms with van der Waals surface area (Å²) in [4.78, 5) is 13.5. The molecule has 74 valence electrons. The third-order valence-electron chi connectivity index (χ3n) is 2.08. The van der Waals surface area contributed by atoms with Crippen molar-refractivity contribution in [2.24, 2.45) is 0 Å². The van der Waals surface area contributed by atoms with Gasteiger partial charge in [-0.3, -0.25) is 4.57 Å². The van der Waals surface area contributed by atoms with Crippen molar-refractivity contribution in [2.75, 3.05) is 0 Å². The van der Waals surface area contributed by atoms with Gasteiger partial charge in [-0.2, -0.15) is 0 Å². The number of aromatic amines is 1. The molecule has 1 heterocycles. The fourth-order valence-corrected chi connectivity index (χ4v) is 1.30. The zero-order chi connectivity index (χ0) is 9.68. The number of imidazole rings is 1. The molecule has 0 unspecified atom stereocenters. The molecule has 0 spiro atoms. The predicted octanol–water partition coefficient (Wildman–Crippen LogP) is 1.46. The molecule has 1 aromatic heterocycles. The van der Waals surface area contributed by atoms with Crippen molar-refractivity contribution >= 4 is 0 Å². The second kappa shape index (κ2) is 4.74. The van der Waals surface area contributed by atoms with E-state index in [1.54, 1.807) is 0 Å². The number of unbranched alkanes of at least 4 members (excludes halogenated alkanes) is 3. The van der Waals surface area contributed by atoms with Crippen molar-refractivity contribution in [3.05, 3.63) is 16.7 Å². The van der Waals surface area contributed by atoms with E-state index >= 15 is 0 Å². The summed E-state index contributed by atoms with van der Waals surface area (Å²) in [6.45, 7) is 2.74. The van der Waals surface area contributed by atoms with E-state index in [0.717, 1.165) is 12.8 Å². The SMILES string of the molecule is CCCCCCn1c(O)c[nH]c1=O. The van der Waals surface area contributed by atoms with E-state index in [1.165, 1.54) is 23.6 Å². The fourth-order valence-electron chi connectivity index (χ4n) is 1.30. The van der Waals surface area contributed by atoms with Gasteiger partial charge in [0, 0.05) is 6.54 Å². The molecule has 0 aromatic carbocycles. The first-order chi connectivity index (χ1) is 6.25. The molecule has 0 aliphatic rings. The van der Waals surface area contributed by atoms with Crippen molar-refractivity contribution in [2.45, 2.75) is 39.2 Å². The highest BCUT2D eigenvalue weighted by Gasteiger charge is 2.02. The van der Waals surface area contributed by atoms with Gasteiger partial charge in [-0.15, -0.1) is 0 Å². The Kier molecular flexibility index (Phi) is 3.61. The van der Waals surface area contributed by atoms with Crippen LogP contribution >= 0.6 is 0 Å². The summed E-state index contributed by atoms with van der Waals surface area (Å²) < 4.78 is 1.36. The summed E-state index contributed by atoms with van der Waals surface area (Å²) in [5.74, 6) is 0.0292. The minimum atomic E-state index is -0.228. The highest BCUT2D eigenvalue weighted by atomic mass is 16.3. The Hall–Kier alpha value is -1.19. The van der Waals surface area contributed by atoms with Crippen LogP contribution in [0, 0.1) is 0 Å². The molecule has 0 saturated carbocycles. The molecule has 0 aliphatic carbocycles. The van der Waals surface area contributed by atoms with Crippen molar-refractivity contribution < 1.29 is 5.11 Å². The van der Waals surface area contributed by atoms with Crippen LogP contribution in [0.1, 0.15) is 32.6 Å². The summed E-state index contributed by atoms with van der Waals surface area (Å²) in [5.41, 5.74) is -0.228. The molecule has 0 fully saturated rings. The zero-order valence-corrected chi connectivity index (χ0v) is 7.92.